The molecular weight excluding hydrogens is 234 g/mol. The Bertz CT molecular complexity index is 366. The molecule has 1 aromatic rings. The van der Waals surface area contributed by atoms with Gasteiger partial charge in [-0.05, 0) is 24.3 Å². The average Bonchev–Trinajstić information content (AvgIpc) is 2.40. The monoisotopic (exact) mass is 251 g/mol. The van der Waals surface area contributed by atoms with Gasteiger partial charge in [0, 0.05) is 19.0 Å². The Morgan fingerprint density at radius 2 is 2.12 bits per heavy atom. The molecule has 0 bridgehead atoms. The molecule has 1 aromatic carbocycles. The number of halogens is 1. The third kappa shape index (κ3) is 3.47. The van der Waals surface area contributed by atoms with E-state index in [1.807, 2.05) is 35.2 Å². The van der Waals surface area contributed by atoms with E-state index in [1.54, 1.807) is 0 Å². The summed E-state index contributed by atoms with van der Waals surface area (Å²) in [7, 11) is 0. The highest BCUT2D eigenvalue weighted by atomic mass is 35.5. The molecule has 1 aliphatic heterocycles. The summed E-state index contributed by atoms with van der Waals surface area (Å²) in [5.41, 5.74) is 1.09. The van der Waals surface area contributed by atoms with Gasteiger partial charge in [-0.25, -0.2) is 0 Å². The maximum atomic E-state index is 12.1. The number of carbonyl (C=O) groups is 1. The van der Waals surface area contributed by atoms with Gasteiger partial charge >= 0.3 is 0 Å². The minimum Gasteiger partial charge on any atom is -0.342 e. The van der Waals surface area contributed by atoms with Gasteiger partial charge in [0.15, 0.2) is 0 Å². The fourth-order valence-corrected chi connectivity index (χ4v) is 2.55. The Kier molecular flexibility index (Phi) is 4.43. The number of carbonyl (C=O) groups excluding carboxylic acids is 1. The topological polar surface area (TPSA) is 20.3 Å². The highest BCUT2D eigenvalue weighted by Crippen LogP contribution is 2.18. The molecule has 1 heterocycles. The van der Waals surface area contributed by atoms with Crippen LogP contribution in [0, 0.1) is 5.92 Å². The van der Waals surface area contributed by atoms with E-state index in [0.29, 0.717) is 18.2 Å². The Morgan fingerprint density at radius 3 is 2.82 bits per heavy atom. The first-order chi connectivity index (χ1) is 8.29. The van der Waals surface area contributed by atoms with Gasteiger partial charge < -0.3 is 4.90 Å². The van der Waals surface area contributed by atoms with Crippen molar-refractivity contribution in [3.05, 3.63) is 35.9 Å². The first kappa shape index (κ1) is 12.4. The number of amides is 1. The highest BCUT2D eigenvalue weighted by Gasteiger charge is 2.22. The molecule has 0 aromatic heterocycles. The van der Waals surface area contributed by atoms with Crippen LogP contribution in [0.3, 0.4) is 0 Å². The summed E-state index contributed by atoms with van der Waals surface area (Å²) >= 11 is 5.87. The van der Waals surface area contributed by atoms with Gasteiger partial charge in [-0.3, -0.25) is 4.79 Å². The molecule has 1 aliphatic rings. The zero-order valence-electron chi connectivity index (χ0n) is 9.94. The fourth-order valence-electron chi connectivity index (χ4n) is 2.30. The van der Waals surface area contributed by atoms with Crippen LogP contribution in [0.15, 0.2) is 30.3 Å². The second-order valence-corrected chi connectivity index (χ2v) is 4.97. The molecule has 0 aliphatic carbocycles. The minimum atomic E-state index is 0.228. The van der Waals surface area contributed by atoms with E-state index in [2.05, 4.69) is 0 Å². The maximum Gasteiger partial charge on any atom is 0.226 e. The van der Waals surface area contributed by atoms with E-state index in [1.165, 1.54) is 0 Å². The van der Waals surface area contributed by atoms with E-state index in [4.69, 9.17) is 11.6 Å². The van der Waals surface area contributed by atoms with Gasteiger partial charge in [0.1, 0.15) is 0 Å². The number of likely N-dealkylation sites (tertiary alicyclic amines) is 1. The summed E-state index contributed by atoms with van der Waals surface area (Å²) in [5.74, 6) is 1.37. The molecule has 1 unspecified atom stereocenters. The van der Waals surface area contributed by atoms with E-state index < -0.39 is 0 Å². The molecule has 2 nitrogen and oxygen atoms in total. The molecule has 0 saturated carbocycles. The molecule has 3 heteroatoms. The van der Waals surface area contributed by atoms with E-state index >= 15 is 0 Å². The quantitative estimate of drug-likeness (QED) is 0.757. The van der Waals surface area contributed by atoms with Crippen molar-refractivity contribution in [3.8, 4) is 0 Å². The number of benzene rings is 1. The van der Waals surface area contributed by atoms with Crippen molar-refractivity contribution in [2.24, 2.45) is 5.92 Å². The van der Waals surface area contributed by atoms with E-state index in [-0.39, 0.29) is 5.91 Å². The number of nitrogens with zero attached hydrogens (tertiary/aromatic N) is 1. The second kappa shape index (κ2) is 6.06. The number of alkyl halides is 1. The van der Waals surface area contributed by atoms with Gasteiger partial charge in [-0.15, -0.1) is 11.6 Å². The minimum absolute atomic E-state index is 0.228. The first-order valence-electron chi connectivity index (χ1n) is 6.17. The molecule has 92 valence electrons. The van der Waals surface area contributed by atoms with E-state index in [9.17, 15) is 4.79 Å². The lowest BCUT2D eigenvalue weighted by Gasteiger charge is -2.32. The smallest absolute Gasteiger partial charge is 0.226 e. The Labute approximate surface area is 108 Å². The highest BCUT2D eigenvalue weighted by molar-refractivity contribution is 6.18. The standard InChI is InChI=1S/C14H18ClNO/c15-10-13-7-4-8-16(11-13)14(17)9-12-5-2-1-3-6-12/h1-3,5-6,13H,4,7-11H2. The molecule has 0 spiro atoms. The first-order valence-corrected chi connectivity index (χ1v) is 6.70. The Balaban J connectivity index is 1.91. The van der Waals surface area contributed by atoms with Crippen molar-refractivity contribution in [2.45, 2.75) is 19.3 Å². The lowest BCUT2D eigenvalue weighted by Crippen LogP contribution is -2.41. The Morgan fingerprint density at radius 1 is 1.35 bits per heavy atom. The third-order valence-corrected chi connectivity index (χ3v) is 3.72. The molecule has 1 saturated heterocycles. The summed E-state index contributed by atoms with van der Waals surface area (Å²) in [6.45, 7) is 1.72. The van der Waals surface area contributed by atoms with Crippen molar-refractivity contribution in [1.29, 1.82) is 0 Å². The van der Waals surface area contributed by atoms with Gasteiger partial charge in [0.2, 0.25) is 5.91 Å². The molecule has 0 radical (unpaired) electrons. The molecular formula is C14H18ClNO. The van der Waals surface area contributed by atoms with E-state index in [0.717, 1.165) is 31.5 Å². The zero-order chi connectivity index (χ0) is 12.1. The molecule has 1 fully saturated rings. The van der Waals surface area contributed by atoms with Crippen molar-refractivity contribution < 1.29 is 4.79 Å². The molecule has 0 N–H and O–H groups in total. The van der Waals surface area contributed by atoms with Crippen molar-refractivity contribution in [1.82, 2.24) is 4.90 Å². The lowest BCUT2D eigenvalue weighted by molar-refractivity contribution is -0.132. The van der Waals surface area contributed by atoms with Gasteiger partial charge in [0.05, 0.1) is 6.42 Å². The lowest BCUT2D eigenvalue weighted by atomic mass is 9.99. The van der Waals surface area contributed by atoms with Crippen LogP contribution >= 0.6 is 11.6 Å². The summed E-state index contributed by atoms with van der Waals surface area (Å²) in [6, 6.07) is 9.92. The molecule has 1 atom stereocenters. The predicted molar refractivity (Wildman–Crippen MR) is 70.2 cm³/mol. The second-order valence-electron chi connectivity index (χ2n) is 4.66. The zero-order valence-corrected chi connectivity index (χ0v) is 10.7. The fraction of sp³-hybridized carbons (Fsp3) is 0.500. The molecule has 2 rings (SSSR count). The van der Waals surface area contributed by atoms with Crippen LogP contribution in [0.5, 0.6) is 0 Å². The summed E-state index contributed by atoms with van der Waals surface area (Å²) < 4.78 is 0. The van der Waals surface area contributed by atoms with Crippen LogP contribution in [0.25, 0.3) is 0 Å². The van der Waals surface area contributed by atoms with Crippen LogP contribution in [0.2, 0.25) is 0 Å². The Hall–Kier alpha value is -1.02. The van der Waals surface area contributed by atoms with Crippen LogP contribution in [0.1, 0.15) is 18.4 Å². The predicted octanol–water partition coefficient (Wildman–Crippen LogP) is 2.71. The van der Waals surface area contributed by atoms with Crippen molar-refractivity contribution in [2.75, 3.05) is 19.0 Å². The van der Waals surface area contributed by atoms with Crippen LogP contribution in [-0.4, -0.2) is 29.8 Å². The summed E-state index contributed by atoms with van der Waals surface area (Å²) in [4.78, 5) is 14.1. The van der Waals surface area contributed by atoms with Crippen LogP contribution in [0.4, 0.5) is 0 Å². The largest absolute Gasteiger partial charge is 0.342 e. The normalized spacial score (nSPS) is 20.3. The number of piperidine rings is 1. The van der Waals surface area contributed by atoms with Crippen LogP contribution < -0.4 is 0 Å². The van der Waals surface area contributed by atoms with Crippen molar-refractivity contribution in [3.63, 3.8) is 0 Å². The SMILES string of the molecule is O=C(Cc1ccccc1)N1CCCC(CCl)C1. The van der Waals surface area contributed by atoms with Gasteiger partial charge in [0.25, 0.3) is 0 Å². The number of rotatable bonds is 3. The van der Waals surface area contributed by atoms with Gasteiger partial charge in [-0.2, -0.15) is 0 Å². The third-order valence-electron chi connectivity index (χ3n) is 3.29. The molecule has 17 heavy (non-hydrogen) atoms. The maximum absolute atomic E-state index is 12.1. The number of hydrogen-bond donors (Lipinski definition) is 0. The van der Waals surface area contributed by atoms with Gasteiger partial charge in [-0.1, -0.05) is 30.3 Å². The number of hydrogen-bond acceptors (Lipinski definition) is 1. The van der Waals surface area contributed by atoms with Crippen molar-refractivity contribution >= 4 is 17.5 Å². The molecule has 1 amide bonds. The van der Waals surface area contributed by atoms with Crippen LogP contribution in [-0.2, 0) is 11.2 Å². The average molecular weight is 252 g/mol. The summed E-state index contributed by atoms with van der Waals surface area (Å²) in [5, 5.41) is 0. The summed E-state index contributed by atoms with van der Waals surface area (Å²) in [6.07, 6.45) is 2.74.